The van der Waals surface area contributed by atoms with Crippen molar-refractivity contribution < 1.29 is 8.42 Å². The minimum atomic E-state index is -3.69. The van der Waals surface area contributed by atoms with Gasteiger partial charge in [-0.25, -0.2) is 13.4 Å². The summed E-state index contributed by atoms with van der Waals surface area (Å²) >= 11 is 8.93. The lowest BCUT2D eigenvalue weighted by Crippen LogP contribution is -2.14. The van der Waals surface area contributed by atoms with Crippen LogP contribution in [0.25, 0.3) is 0 Å². The summed E-state index contributed by atoms with van der Waals surface area (Å²) in [7, 11) is -3.69. The molecule has 1 aromatic heterocycles. The van der Waals surface area contributed by atoms with Gasteiger partial charge in [-0.1, -0.05) is 36.7 Å². The van der Waals surface area contributed by atoms with Crippen molar-refractivity contribution in [1.29, 1.82) is 0 Å². The van der Waals surface area contributed by atoms with Crippen LogP contribution in [0, 0.1) is 0 Å². The Morgan fingerprint density at radius 1 is 1.35 bits per heavy atom. The van der Waals surface area contributed by atoms with Gasteiger partial charge in [-0.3, -0.25) is 4.72 Å². The van der Waals surface area contributed by atoms with Crippen molar-refractivity contribution in [3.05, 3.63) is 51.7 Å². The highest BCUT2D eigenvalue weighted by molar-refractivity contribution is 9.10. The number of para-hydroxylation sites is 1. The quantitative estimate of drug-likeness (QED) is 0.826. The third-order valence-corrected chi connectivity index (χ3v) is 5.19. The van der Waals surface area contributed by atoms with Crippen LogP contribution >= 0.6 is 27.5 Å². The third-order valence-electron chi connectivity index (χ3n) is 2.72. The van der Waals surface area contributed by atoms with E-state index in [0.717, 1.165) is 12.0 Å². The number of hydrogen-bond donors (Lipinski definition) is 1. The molecule has 106 valence electrons. The highest BCUT2D eigenvalue weighted by atomic mass is 79.9. The number of pyridine rings is 1. The van der Waals surface area contributed by atoms with Crippen LogP contribution in [0.1, 0.15) is 12.5 Å². The number of nitrogens with one attached hydrogen (secondary N) is 1. The van der Waals surface area contributed by atoms with Gasteiger partial charge in [0.2, 0.25) is 0 Å². The molecule has 2 aromatic rings. The van der Waals surface area contributed by atoms with E-state index in [1.807, 2.05) is 19.1 Å². The number of halogens is 2. The van der Waals surface area contributed by atoms with Crippen molar-refractivity contribution in [2.24, 2.45) is 0 Å². The number of hydrogen-bond acceptors (Lipinski definition) is 3. The summed E-state index contributed by atoms with van der Waals surface area (Å²) in [5.74, 6) is 0. The number of aryl methyl sites for hydroxylation is 1. The van der Waals surface area contributed by atoms with Gasteiger partial charge in [-0.05, 0) is 40.0 Å². The summed E-state index contributed by atoms with van der Waals surface area (Å²) in [5, 5.41) is 0.220. The van der Waals surface area contributed by atoms with Crippen molar-refractivity contribution in [3.63, 3.8) is 0 Å². The number of sulfonamides is 1. The van der Waals surface area contributed by atoms with Gasteiger partial charge in [0.15, 0.2) is 0 Å². The first-order chi connectivity index (χ1) is 9.44. The largest absolute Gasteiger partial charge is 0.279 e. The molecule has 1 N–H and O–H groups in total. The van der Waals surface area contributed by atoms with E-state index < -0.39 is 10.0 Å². The van der Waals surface area contributed by atoms with Gasteiger partial charge in [-0.15, -0.1) is 0 Å². The maximum Gasteiger partial charge on any atom is 0.263 e. The van der Waals surface area contributed by atoms with E-state index in [9.17, 15) is 8.42 Å². The van der Waals surface area contributed by atoms with Gasteiger partial charge in [0.1, 0.15) is 10.0 Å². The van der Waals surface area contributed by atoms with Gasteiger partial charge in [0, 0.05) is 6.20 Å². The van der Waals surface area contributed by atoms with Crippen LogP contribution in [0.5, 0.6) is 0 Å². The van der Waals surface area contributed by atoms with Gasteiger partial charge < -0.3 is 0 Å². The highest BCUT2D eigenvalue weighted by Gasteiger charge is 2.17. The van der Waals surface area contributed by atoms with Crippen LogP contribution in [-0.2, 0) is 16.4 Å². The molecule has 7 heteroatoms. The molecule has 0 aliphatic rings. The second-order valence-corrected chi connectivity index (χ2v) is 6.95. The van der Waals surface area contributed by atoms with E-state index in [2.05, 4.69) is 25.6 Å². The van der Waals surface area contributed by atoms with Crippen LogP contribution in [0.4, 0.5) is 5.69 Å². The molecule has 4 nitrogen and oxygen atoms in total. The summed E-state index contributed by atoms with van der Waals surface area (Å²) in [6, 6.07) is 8.69. The molecule has 0 aliphatic heterocycles. The zero-order valence-electron chi connectivity index (χ0n) is 10.6. The SMILES string of the molecule is CCc1ccccc1NS(=O)(=O)c1cnc(Cl)c(Br)c1. The van der Waals surface area contributed by atoms with Gasteiger partial charge in [0.05, 0.1) is 10.2 Å². The Morgan fingerprint density at radius 2 is 2.05 bits per heavy atom. The fourth-order valence-corrected chi connectivity index (χ4v) is 3.36. The fraction of sp³-hybridized carbons (Fsp3) is 0.154. The molecule has 2 rings (SSSR count). The molecule has 0 atom stereocenters. The zero-order valence-corrected chi connectivity index (χ0v) is 13.8. The molecule has 20 heavy (non-hydrogen) atoms. The van der Waals surface area contributed by atoms with Gasteiger partial charge >= 0.3 is 0 Å². The standard InChI is InChI=1S/C13H12BrClN2O2S/c1-2-9-5-3-4-6-12(9)17-20(18,19)10-7-11(14)13(15)16-8-10/h3-8,17H,2H2,1H3. The molecule has 1 heterocycles. The number of rotatable bonds is 4. The highest BCUT2D eigenvalue weighted by Crippen LogP contribution is 2.25. The average molecular weight is 376 g/mol. The van der Waals surface area contributed by atoms with Crippen LogP contribution in [-0.4, -0.2) is 13.4 Å². The Bertz CT molecular complexity index is 735. The summed E-state index contributed by atoms with van der Waals surface area (Å²) < 4.78 is 27.6. The van der Waals surface area contributed by atoms with E-state index in [4.69, 9.17) is 11.6 Å². The molecular formula is C13H12BrClN2O2S. The van der Waals surface area contributed by atoms with E-state index >= 15 is 0 Å². The smallest absolute Gasteiger partial charge is 0.263 e. The summed E-state index contributed by atoms with van der Waals surface area (Å²) in [5.41, 5.74) is 1.50. The minimum Gasteiger partial charge on any atom is -0.279 e. The minimum absolute atomic E-state index is 0.0553. The van der Waals surface area contributed by atoms with Crippen LogP contribution < -0.4 is 4.72 Å². The molecule has 0 bridgehead atoms. The van der Waals surface area contributed by atoms with Gasteiger partial charge in [0.25, 0.3) is 10.0 Å². The Kier molecular flexibility index (Phi) is 4.67. The number of anilines is 1. The van der Waals surface area contributed by atoms with Crippen molar-refractivity contribution in [2.45, 2.75) is 18.2 Å². The van der Waals surface area contributed by atoms with E-state index in [1.54, 1.807) is 12.1 Å². The predicted octanol–water partition coefficient (Wildman–Crippen LogP) is 3.86. The molecule has 0 radical (unpaired) electrons. The Morgan fingerprint density at radius 3 is 2.70 bits per heavy atom. The van der Waals surface area contributed by atoms with Crippen molar-refractivity contribution >= 4 is 43.2 Å². The molecule has 0 saturated carbocycles. The average Bonchev–Trinajstić information content (AvgIpc) is 2.42. The molecule has 0 aliphatic carbocycles. The monoisotopic (exact) mass is 374 g/mol. The van der Waals surface area contributed by atoms with Crippen molar-refractivity contribution in [2.75, 3.05) is 4.72 Å². The molecule has 0 spiro atoms. The molecule has 0 unspecified atom stereocenters. The summed E-state index contributed by atoms with van der Waals surface area (Å²) in [4.78, 5) is 3.88. The first-order valence-corrected chi connectivity index (χ1v) is 8.51. The topological polar surface area (TPSA) is 59.1 Å². The lowest BCUT2D eigenvalue weighted by Gasteiger charge is -2.11. The zero-order chi connectivity index (χ0) is 14.8. The molecule has 1 aromatic carbocycles. The number of aromatic nitrogens is 1. The van der Waals surface area contributed by atoms with E-state index in [-0.39, 0.29) is 10.0 Å². The maximum atomic E-state index is 12.3. The number of nitrogens with zero attached hydrogens (tertiary/aromatic N) is 1. The third kappa shape index (κ3) is 3.31. The first kappa shape index (κ1) is 15.3. The Balaban J connectivity index is 2.38. The normalized spacial score (nSPS) is 11.3. The summed E-state index contributed by atoms with van der Waals surface area (Å²) in [6.45, 7) is 1.97. The number of benzene rings is 1. The first-order valence-electron chi connectivity index (χ1n) is 5.86. The maximum absolute atomic E-state index is 12.3. The van der Waals surface area contributed by atoms with Crippen LogP contribution in [0.15, 0.2) is 45.9 Å². The molecule has 0 amide bonds. The Labute approximate surface area is 131 Å². The lowest BCUT2D eigenvalue weighted by atomic mass is 10.1. The van der Waals surface area contributed by atoms with Crippen LogP contribution in [0.3, 0.4) is 0 Å². The summed E-state index contributed by atoms with van der Waals surface area (Å²) in [6.07, 6.45) is 1.96. The lowest BCUT2D eigenvalue weighted by molar-refractivity contribution is 0.600. The van der Waals surface area contributed by atoms with Crippen LogP contribution in [0.2, 0.25) is 5.15 Å². The van der Waals surface area contributed by atoms with Crippen molar-refractivity contribution in [1.82, 2.24) is 4.98 Å². The van der Waals surface area contributed by atoms with Gasteiger partial charge in [-0.2, -0.15) is 0 Å². The second kappa shape index (κ2) is 6.11. The van der Waals surface area contributed by atoms with E-state index in [1.165, 1.54) is 12.3 Å². The molecular weight excluding hydrogens is 364 g/mol. The Hall–Kier alpha value is -1.11. The fourth-order valence-electron chi connectivity index (χ4n) is 1.68. The molecule has 0 fully saturated rings. The van der Waals surface area contributed by atoms with Crippen molar-refractivity contribution in [3.8, 4) is 0 Å². The second-order valence-electron chi connectivity index (χ2n) is 4.06. The van der Waals surface area contributed by atoms with E-state index in [0.29, 0.717) is 10.2 Å². The molecule has 0 saturated heterocycles. The predicted molar refractivity (Wildman–Crippen MR) is 83.6 cm³/mol.